The van der Waals surface area contributed by atoms with E-state index in [-0.39, 0.29) is 17.5 Å². The molecule has 0 aliphatic carbocycles. The van der Waals surface area contributed by atoms with Gasteiger partial charge in [0.05, 0.1) is 14.2 Å². The van der Waals surface area contributed by atoms with Crippen molar-refractivity contribution in [2.75, 3.05) is 20.8 Å². The van der Waals surface area contributed by atoms with Crippen LogP contribution in [0.1, 0.15) is 22.7 Å². The highest BCUT2D eigenvalue weighted by atomic mass is 16.5. The number of rotatable bonds is 4. The number of hydrogen-bond donors (Lipinski definition) is 3. The molecule has 0 radical (unpaired) electrons. The van der Waals surface area contributed by atoms with E-state index in [0.29, 0.717) is 11.5 Å². The van der Waals surface area contributed by atoms with Crippen molar-refractivity contribution in [3.63, 3.8) is 0 Å². The van der Waals surface area contributed by atoms with Crippen LogP contribution < -0.4 is 14.8 Å². The Morgan fingerprint density at radius 1 is 1.09 bits per heavy atom. The van der Waals surface area contributed by atoms with Gasteiger partial charge in [-0.3, -0.25) is 0 Å². The Bertz CT molecular complexity index is 697. The minimum Gasteiger partial charge on any atom is -0.508 e. The van der Waals surface area contributed by atoms with E-state index in [4.69, 9.17) is 9.47 Å². The second kappa shape index (κ2) is 6.38. The Labute approximate surface area is 135 Å². The second-order valence-electron chi connectivity index (χ2n) is 5.66. The zero-order chi connectivity index (χ0) is 16.4. The molecule has 1 atom stereocenters. The van der Waals surface area contributed by atoms with Crippen LogP contribution in [0.3, 0.4) is 0 Å². The first-order valence-electron chi connectivity index (χ1n) is 7.62. The molecule has 23 heavy (non-hydrogen) atoms. The monoisotopic (exact) mass is 315 g/mol. The molecule has 2 aromatic rings. The average Bonchev–Trinajstić information content (AvgIpc) is 2.56. The molecule has 2 aromatic carbocycles. The minimum atomic E-state index is 0.0778. The fourth-order valence-corrected chi connectivity index (χ4v) is 3.20. The number of fused-ring (bicyclic) bond motifs is 1. The number of ether oxygens (including phenoxy) is 2. The molecule has 1 aliphatic heterocycles. The molecule has 5 nitrogen and oxygen atoms in total. The van der Waals surface area contributed by atoms with E-state index in [2.05, 4.69) is 5.32 Å². The fraction of sp³-hybridized carbons (Fsp3) is 0.333. The molecule has 0 saturated carbocycles. The van der Waals surface area contributed by atoms with Crippen LogP contribution in [0, 0.1) is 0 Å². The summed E-state index contributed by atoms with van der Waals surface area (Å²) in [6.45, 7) is 0.833. The van der Waals surface area contributed by atoms with Crippen LogP contribution >= 0.6 is 0 Å². The van der Waals surface area contributed by atoms with Gasteiger partial charge in [-0.2, -0.15) is 0 Å². The van der Waals surface area contributed by atoms with Crippen molar-refractivity contribution in [1.29, 1.82) is 0 Å². The van der Waals surface area contributed by atoms with Gasteiger partial charge in [-0.25, -0.2) is 0 Å². The van der Waals surface area contributed by atoms with Crippen LogP contribution in [0.15, 0.2) is 30.3 Å². The smallest absolute Gasteiger partial charge is 0.203 e. The molecule has 3 N–H and O–H groups in total. The van der Waals surface area contributed by atoms with Gasteiger partial charge < -0.3 is 25.0 Å². The quantitative estimate of drug-likeness (QED) is 0.809. The standard InChI is InChI=1S/C18H21NO4/c1-22-17-13-7-8-19-15(9-11-3-5-12(20)6-4-11)14(13)10-16(21)18(17)23-2/h3-6,10,15,19-21H,7-9H2,1-2H3. The third kappa shape index (κ3) is 2.92. The Kier molecular flexibility index (Phi) is 4.30. The highest BCUT2D eigenvalue weighted by molar-refractivity contribution is 5.60. The van der Waals surface area contributed by atoms with Gasteiger partial charge in [-0.15, -0.1) is 0 Å². The number of phenolic OH excluding ortho intramolecular Hbond substituents is 2. The maximum atomic E-state index is 10.2. The minimum absolute atomic E-state index is 0.0778. The predicted molar refractivity (Wildman–Crippen MR) is 87.5 cm³/mol. The zero-order valence-corrected chi connectivity index (χ0v) is 13.3. The molecule has 0 amide bonds. The van der Waals surface area contributed by atoms with Crippen molar-refractivity contribution in [3.8, 4) is 23.0 Å². The zero-order valence-electron chi connectivity index (χ0n) is 13.3. The van der Waals surface area contributed by atoms with Crippen molar-refractivity contribution in [2.45, 2.75) is 18.9 Å². The van der Waals surface area contributed by atoms with Crippen LogP contribution in [-0.2, 0) is 12.8 Å². The van der Waals surface area contributed by atoms with Crippen molar-refractivity contribution in [2.24, 2.45) is 0 Å². The van der Waals surface area contributed by atoms with Crippen molar-refractivity contribution < 1.29 is 19.7 Å². The Morgan fingerprint density at radius 2 is 1.78 bits per heavy atom. The number of benzene rings is 2. The Morgan fingerprint density at radius 3 is 2.43 bits per heavy atom. The summed E-state index contributed by atoms with van der Waals surface area (Å²) in [6.07, 6.45) is 1.59. The van der Waals surface area contributed by atoms with Crippen LogP contribution in [-0.4, -0.2) is 31.0 Å². The summed E-state index contributed by atoms with van der Waals surface area (Å²) in [7, 11) is 3.12. The molecule has 5 heteroatoms. The maximum Gasteiger partial charge on any atom is 0.203 e. The first-order chi connectivity index (χ1) is 11.1. The molecular weight excluding hydrogens is 294 g/mol. The molecule has 1 unspecified atom stereocenters. The Balaban J connectivity index is 1.98. The molecule has 0 saturated heterocycles. The molecule has 0 aromatic heterocycles. The number of methoxy groups -OCH3 is 2. The second-order valence-corrected chi connectivity index (χ2v) is 5.66. The van der Waals surface area contributed by atoms with Gasteiger partial charge in [0.1, 0.15) is 5.75 Å². The van der Waals surface area contributed by atoms with Crippen molar-refractivity contribution in [3.05, 3.63) is 47.0 Å². The molecule has 1 heterocycles. The Hall–Kier alpha value is -2.40. The third-order valence-electron chi connectivity index (χ3n) is 4.28. The lowest BCUT2D eigenvalue weighted by Gasteiger charge is -2.29. The summed E-state index contributed by atoms with van der Waals surface area (Å²) in [4.78, 5) is 0. The van der Waals surface area contributed by atoms with E-state index in [1.807, 2.05) is 12.1 Å². The first-order valence-corrected chi connectivity index (χ1v) is 7.62. The van der Waals surface area contributed by atoms with Crippen LogP contribution in [0.25, 0.3) is 0 Å². The van der Waals surface area contributed by atoms with Crippen LogP contribution in [0.2, 0.25) is 0 Å². The lowest BCUT2D eigenvalue weighted by molar-refractivity contribution is 0.326. The number of hydrogen-bond acceptors (Lipinski definition) is 5. The van der Waals surface area contributed by atoms with Gasteiger partial charge in [-0.1, -0.05) is 12.1 Å². The van der Waals surface area contributed by atoms with Gasteiger partial charge in [0.25, 0.3) is 0 Å². The van der Waals surface area contributed by atoms with Crippen molar-refractivity contribution >= 4 is 0 Å². The highest BCUT2D eigenvalue weighted by Gasteiger charge is 2.27. The SMILES string of the molecule is COc1c(O)cc2c(c1OC)CCNC2Cc1ccc(O)cc1. The molecule has 122 valence electrons. The summed E-state index contributed by atoms with van der Waals surface area (Å²) < 4.78 is 10.8. The number of nitrogens with one attached hydrogen (secondary N) is 1. The van der Waals surface area contributed by atoms with E-state index >= 15 is 0 Å². The van der Waals surface area contributed by atoms with Gasteiger partial charge in [0.2, 0.25) is 5.75 Å². The topological polar surface area (TPSA) is 71.0 Å². The maximum absolute atomic E-state index is 10.2. The lowest BCUT2D eigenvalue weighted by atomic mass is 9.89. The lowest BCUT2D eigenvalue weighted by Crippen LogP contribution is -2.31. The summed E-state index contributed by atoms with van der Waals surface area (Å²) in [5, 5.41) is 23.1. The van der Waals surface area contributed by atoms with Gasteiger partial charge in [0.15, 0.2) is 11.5 Å². The number of phenols is 2. The van der Waals surface area contributed by atoms with Gasteiger partial charge >= 0.3 is 0 Å². The summed E-state index contributed by atoms with van der Waals surface area (Å²) in [5.74, 6) is 1.34. The largest absolute Gasteiger partial charge is 0.508 e. The van der Waals surface area contributed by atoms with E-state index in [1.165, 1.54) is 7.11 Å². The summed E-state index contributed by atoms with van der Waals surface area (Å²) in [6, 6.07) is 9.02. The first kappa shape index (κ1) is 15.5. The molecule has 0 spiro atoms. The van der Waals surface area contributed by atoms with E-state index in [0.717, 1.165) is 36.1 Å². The predicted octanol–water partition coefficient (Wildman–Crippen LogP) is 2.54. The van der Waals surface area contributed by atoms with E-state index < -0.39 is 0 Å². The molecule has 0 bridgehead atoms. The average molecular weight is 315 g/mol. The van der Waals surface area contributed by atoms with Crippen LogP contribution in [0.4, 0.5) is 0 Å². The fourth-order valence-electron chi connectivity index (χ4n) is 3.20. The molecule has 1 aliphatic rings. The number of aromatic hydroxyl groups is 2. The van der Waals surface area contributed by atoms with Gasteiger partial charge in [0, 0.05) is 11.6 Å². The third-order valence-corrected chi connectivity index (χ3v) is 4.28. The summed E-state index contributed by atoms with van der Waals surface area (Å²) >= 11 is 0. The normalized spacial score (nSPS) is 16.7. The molecule has 3 rings (SSSR count). The summed E-state index contributed by atoms with van der Waals surface area (Å²) in [5.41, 5.74) is 3.21. The van der Waals surface area contributed by atoms with E-state index in [1.54, 1.807) is 25.3 Å². The molecular formula is C18H21NO4. The van der Waals surface area contributed by atoms with Crippen molar-refractivity contribution in [1.82, 2.24) is 5.32 Å². The molecule has 0 fully saturated rings. The van der Waals surface area contributed by atoms with Crippen LogP contribution in [0.5, 0.6) is 23.0 Å². The van der Waals surface area contributed by atoms with E-state index in [9.17, 15) is 10.2 Å². The highest BCUT2D eigenvalue weighted by Crippen LogP contribution is 2.44. The van der Waals surface area contributed by atoms with Gasteiger partial charge in [-0.05, 0) is 48.7 Å².